The topological polar surface area (TPSA) is 87.7 Å². The van der Waals surface area contributed by atoms with E-state index in [1.165, 1.54) is 12.1 Å². The Hall–Kier alpha value is -4.26. The van der Waals surface area contributed by atoms with Crippen LogP contribution in [0, 0.1) is 11.6 Å². The van der Waals surface area contributed by atoms with Crippen LogP contribution in [0.3, 0.4) is 0 Å². The van der Waals surface area contributed by atoms with Gasteiger partial charge in [-0.05, 0) is 35.4 Å². The lowest BCUT2D eigenvalue weighted by molar-refractivity contribution is -0.115. The molecule has 1 aliphatic rings. The van der Waals surface area contributed by atoms with Gasteiger partial charge in [0, 0.05) is 18.1 Å². The largest absolute Gasteiger partial charge is 0.507 e. The van der Waals surface area contributed by atoms with E-state index in [0.717, 1.165) is 12.1 Å². The molecule has 1 atom stereocenters. The molecule has 33 heavy (non-hydrogen) atoms. The van der Waals surface area contributed by atoms with E-state index in [-0.39, 0.29) is 28.5 Å². The van der Waals surface area contributed by atoms with E-state index in [1.807, 2.05) is 0 Å². The van der Waals surface area contributed by atoms with Gasteiger partial charge in [-0.2, -0.15) is 0 Å². The number of aliphatic hydroxyl groups excluding tert-OH is 1. The van der Waals surface area contributed by atoms with E-state index in [1.54, 1.807) is 36.4 Å². The van der Waals surface area contributed by atoms with Crippen LogP contribution in [0.2, 0.25) is 0 Å². The van der Waals surface area contributed by atoms with E-state index >= 15 is 0 Å². The van der Waals surface area contributed by atoms with Crippen molar-refractivity contribution >= 4 is 22.5 Å². The average Bonchev–Trinajstić information content (AvgIpc) is 2.77. The molecule has 1 aliphatic carbocycles. The fourth-order valence-corrected chi connectivity index (χ4v) is 4.37. The van der Waals surface area contributed by atoms with Gasteiger partial charge in [-0.25, -0.2) is 13.6 Å². The third-order valence-corrected chi connectivity index (χ3v) is 5.79. The van der Waals surface area contributed by atoms with Crippen molar-refractivity contribution in [3.8, 4) is 5.75 Å². The summed E-state index contributed by atoms with van der Waals surface area (Å²) in [5, 5.41) is 22.3. The number of benzene rings is 3. The normalized spacial score (nSPS) is 14.4. The molecule has 5 nitrogen and oxygen atoms in total. The van der Waals surface area contributed by atoms with Crippen LogP contribution in [0.1, 0.15) is 28.2 Å². The van der Waals surface area contributed by atoms with Gasteiger partial charge in [-0.3, -0.25) is 4.79 Å². The summed E-state index contributed by atoms with van der Waals surface area (Å²) in [5.41, 5.74) is -0.732. The summed E-state index contributed by atoms with van der Waals surface area (Å²) in [6.45, 7) is 0. The quantitative estimate of drug-likeness (QED) is 0.433. The summed E-state index contributed by atoms with van der Waals surface area (Å²) in [6, 6.07) is 15.4. The monoisotopic (exact) mass is 446 g/mol. The van der Waals surface area contributed by atoms with Crippen LogP contribution in [-0.2, 0) is 11.2 Å². The first kappa shape index (κ1) is 20.6. The third-order valence-electron chi connectivity index (χ3n) is 5.79. The number of halogens is 2. The number of para-hydroxylation sites is 1. The number of rotatable bonds is 3. The average molecular weight is 446 g/mol. The van der Waals surface area contributed by atoms with Crippen LogP contribution < -0.4 is 5.63 Å². The van der Waals surface area contributed by atoms with Gasteiger partial charge in [-0.1, -0.05) is 36.4 Å². The van der Waals surface area contributed by atoms with Crippen LogP contribution in [0.5, 0.6) is 5.75 Å². The zero-order chi connectivity index (χ0) is 23.3. The molecule has 0 bridgehead atoms. The first-order valence-electron chi connectivity index (χ1n) is 10.1. The summed E-state index contributed by atoms with van der Waals surface area (Å²) in [6.07, 6.45) is -0.0937. The molecule has 3 aromatic carbocycles. The predicted molar refractivity (Wildman–Crippen MR) is 117 cm³/mol. The highest BCUT2D eigenvalue weighted by molar-refractivity contribution is 6.07. The van der Waals surface area contributed by atoms with Crippen molar-refractivity contribution in [2.24, 2.45) is 0 Å². The second-order valence-electron chi connectivity index (χ2n) is 7.80. The molecule has 7 heteroatoms. The minimum absolute atomic E-state index is 0.0937. The summed E-state index contributed by atoms with van der Waals surface area (Å²) in [7, 11) is 0. The first-order valence-corrected chi connectivity index (χ1v) is 10.1. The Balaban J connectivity index is 1.88. The van der Waals surface area contributed by atoms with Gasteiger partial charge < -0.3 is 14.6 Å². The molecule has 0 saturated heterocycles. The number of allylic oxidation sites excluding steroid dienone is 1. The van der Waals surface area contributed by atoms with Gasteiger partial charge in [0.15, 0.2) is 5.78 Å². The van der Waals surface area contributed by atoms with E-state index < -0.39 is 46.0 Å². The van der Waals surface area contributed by atoms with Crippen LogP contribution in [0.4, 0.5) is 8.78 Å². The molecule has 0 spiro atoms. The maximum atomic E-state index is 14.2. The van der Waals surface area contributed by atoms with Crippen LogP contribution in [0.25, 0.3) is 16.7 Å². The Morgan fingerprint density at radius 1 is 0.879 bits per heavy atom. The second kappa shape index (κ2) is 7.70. The SMILES string of the molecule is O=C1Cc2ccccc2C(O)=C1C(c1cc(F)cc(F)c1)c1c(O)c2ccccc2oc1=O. The molecule has 1 heterocycles. The number of carbonyl (C=O) groups is 1. The highest BCUT2D eigenvalue weighted by atomic mass is 19.1. The molecule has 4 aromatic rings. The van der Waals surface area contributed by atoms with Gasteiger partial charge in [0.25, 0.3) is 0 Å². The van der Waals surface area contributed by atoms with E-state index in [2.05, 4.69) is 0 Å². The van der Waals surface area contributed by atoms with Crippen molar-refractivity contribution in [2.75, 3.05) is 0 Å². The van der Waals surface area contributed by atoms with Crippen molar-refractivity contribution in [3.63, 3.8) is 0 Å². The summed E-state index contributed by atoms with van der Waals surface area (Å²) in [5.74, 6) is -4.83. The minimum Gasteiger partial charge on any atom is -0.507 e. The van der Waals surface area contributed by atoms with Gasteiger partial charge >= 0.3 is 5.63 Å². The Morgan fingerprint density at radius 2 is 1.55 bits per heavy atom. The number of ketones is 1. The predicted octanol–water partition coefficient (Wildman–Crippen LogP) is 5.00. The lowest BCUT2D eigenvalue weighted by Crippen LogP contribution is -2.25. The highest BCUT2D eigenvalue weighted by Gasteiger charge is 2.37. The lowest BCUT2D eigenvalue weighted by Gasteiger charge is -2.26. The molecule has 164 valence electrons. The zero-order valence-corrected chi connectivity index (χ0v) is 17.0. The highest BCUT2D eigenvalue weighted by Crippen LogP contribution is 2.43. The number of hydrogen-bond donors (Lipinski definition) is 2. The summed E-state index contributed by atoms with van der Waals surface area (Å²) < 4.78 is 33.7. The maximum Gasteiger partial charge on any atom is 0.344 e. The van der Waals surface area contributed by atoms with Crippen molar-refractivity contribution in [1.29, 1.82) is 0 Å². The number of hydrogen-bond acceptors (Lipinski definition) is 5. The third kappa shape index (κ3) is 3.38. The standard InChI is InChI=1S/C26H16F2O5/c27-15-9-14(10-16(28)12-15)21(22-19(29)11-13-5-1-2-6-17(13)24(22)30)23-25(31)18-7-3-4-8-20(18)33-26(23)32/h1-10,12,21,30-31H,11H2. The second-order valence-corrected chi connectivity index (χ2v) is 7.80. The molecule has 1 unspecified atom stereocenters. The van der Waals surface area contributed by atoms with Gasteiger partial charge in [-0.15, -0.1) is 0 Å². The van der Waals surface area contributed by atoms with Crippen molar-refractivity contribution in [3.05, 3.63) is 117 Å². The minimum atomic E-state index is -1.48. The Bertz CT molecular complexity index is 1510. The molecule has 0 amide bonds. The number of aromatic hydroxyl groups is 1. The van der Waals surface area contributed by atoms with Gasteiger partial charge in [0.2, 0.25) is 0 Å². The van der Waals surface area contributed by atoms with Crippen LogP contribution in [-0.4, -0.2) is 16.0 Å². The van der Waals surface area contributed by atoms with E-state index in [4.69, 9.17) is 4.42 Å². The van der Waals surface area contributed by atoms with Gasteiger partial charge in [0.05, 0.1) is 22.4 Å². The van der Waals surface area contributed by atoms with E-state index in [9.17, 15) is 28.6 Å². The van der Waals surface area contributed by atoms with Crippen LogP contribution in [0.15, 0.2) is 81.5 Å². The van der Waals surface area contributed by atoms with E-state index in [0.29, 0.717) is 17.2 Å². The van der Waals surface area contributed by atoms with Crippen LogP contribution >= 0.6 is 0 Å². The summed E-state index contributed by atoms with van der Waals surface area (Å²) >= 11 is 0. The number of Topliss-reactive ketones (excluding diaryl/α,β-unsaturated/α-hetero) is 1. The molecule has 2 N–H and O–H groups in total. The molecule has 0 aliphatic heterocycles. The molecule has 0 fully saturated rings. The number of fused-ring (bicyclic) bond motifs is 2. The van der Waals surface area contributed by atoms with Crippen molar-refractivity contribution < 1.29 is 28.2 Å². The molecular weight excluding hydrogens is 430 g/mol. The molecule has 0 saturated carbocycles. The molecule has 1 aromatic heterocycles. The number of carbonyl (C=O) groups excluding carboxylic acids is 1. The molecular formula is C26H16F2O5. The Kier molecular flexibility index (Phi) is 4.82. The summed E-state index contributed by atoms with van der Waals surface area (Å²) in [4.78, 5) is 26.2. The fourth-order valence-electron chi connectivity index (χ4n) is 4.37. The zero-order valence-electron chi connectivity index (χ0n) is 17.0. The smallest absolute Gasteiger partial charge is 0.344 e. The fraction of sp³-hybridized carbons (Fsp3) is 0.0769. The molecule has 0 radical (unpaired) electrons. The van der Waals surface area contributed by atoms with Crippen molar-refractivity contribution in [2.45, 2.75) is 12.3 Å². The molecule has 5 rings (SSSR count). The Morgan fingerprint density at radius 3 is 2.30 bits per heavy atom. The maximum absolute atomic E-state index is 14.2. The Labute approximate surface area is 185 Å². The first-order chi connectivity index (χ1) is 15.8. The van der Waals surface area contributed by atoms with Crippen molar-refractivity contribution in [1.82, 2.24) is 0 Å². The lowest BCUT2D eigenvalue weighted by atomic mass is 9.77. The van der Waals surface area contributed by atoms with Gasteiger partial charge in [0.1, 0.15) is 28.7 Å². The number of aliphatic hydroxyl groups is 1.